The zero-order valence-corrected chi connectivity index (χ0v) is 12.8. The molecule has 1 aromatic heterocycles. The first kappa shape index (κ1) is 14.3. The Labute approximate surface area is 125 Å². The van der Waals surface area contributed by atoms with E-state index in [1.54, 1.807) is 13.4 Å². The maximum absolute atomic E-state index is 5.94. The number of nitrogens with zero attached hydrogens (tertiary/aromatic N) is 3. The quantitative estimate of drug-likeness (QED) is 0.836. The van der Waals surface area contributed by atoms with Crippen LogP contribution in [-0.2, 0) is 4.74 Å². The molecule has 7 heteroatoms. The molecule has 0 radical (unpaired) electrons. The van der Waals surface area contributed by atoms with Gasteiger partial charge in [-0.25, -0.2) is 9.97 Å². The van der Waals surface area contributed by atoms with Crippen LogP contribution < -0.4 is 20.3 Å². The van der Waals surface area contributed by atoms with Crippen LogP contribution in [0.3, 0.4) is 0 Å². The Morgan fingerprint density at radius 2 is 2.38 bits per heavy atom. The van der Waals surface area contributed by atoms with Crippen LogP contribution in [0.2, 0.25) is 0 Å². The van der Waals surface area contributed by atoms with E-state index in [0.717, 1.165) is 36.9 Å². The van der Waals surface area contributed by atoms with Crippen LogP contribution in [0.1, 0.15) is 13.3 Å². The van der Waals surface area contributed by atoms with E-state index < -0.39 is 0 Å². The first-order chi connectivity index (χ1) is 10.2. The average molecular weight is 293 g/mol. The van der Waals surface area contributed by atoms with Gasteiger partial charge in [0.25, 0.3) is 0 Å². The molecule has 1 unspecified atom stereocenters. The smallest absolute Gasteiger partial charge is 0.204 e. The van der Waals surface area contributed by atoms with Crippen LogP contribution in [0.15, 0.2) is 6.33 Å². The van der Waals surface area contributed by atoms with Gasteiger partial charge in [0.2, 0.25) is 5.75 Å². The van der Waals surface area contributed by atoms with Gasteiger partial charge in [-0.05, 0) is 20.4 Å². The number of fused-ring (bicyclic) bond motifs is 1. The van der Waals surface area contributed by atoms with Crippen LogP contribution in [0.4, 0.5) is 11.6 Å². The molecule has 3 atom stereocenters. The molecule has 1 fully saturated rings. The van der Waals surface area contributed by atoms with E-state index in [0.29, 0.717) is 12.6 Å². The first-order valence-corrected chi connectivity index (χ1v) is 7.42. The molecule has 0 aliphatic carbocycles. The number of hydrogen-bond acceptors (Lipinski definition) is 7. The molecule has 2 aliphatic heterocycles. The SMILES string of the molecule is CN[C@@H]1CCN(c2ncnc3c2OC[C@@H](C(C)OC)N3)C1. The summed E-state index contributed by atoms with van der Waals surface area (Å²) >= 11 is 0. The highest BCUT2D eigenvalue weighted by atomic mass is 16.5. The number of hydrogen-bond donors (Lipinski definition) is 2. The standard InChI is InChI=1S/C14H23N5O2/c1-9(20-3)11-7-21-12-13(18-11)16-8-17-14(12)19-5-4-10(6-19)15-2/h8-11,15H,4-7H2,1-3H3,(H,16,17,18)/t9?,10-,11+/m1/s1. The van der Waals surface area contributed by atoms with Gasteiger partial charge >= 0.3 is 0 Å². The van der Waals surface area contributed by atoms with Crippen molar-refractivity contribution in [3.05, 3.63) is 6.33 Å². The van der Waals surface area contributed by atoms with Crippen LogP contribution >= 0.6 is 0 Å². The van der Waals surface area contributed by atoms with E-state index >= 15 is 0 Å². The molecule has 3 heterocycles. The lowest BCUT2D eigenvalue weighted by Gasteiger charge is -2.32. The Bertz CT molecular complexity index is 498. The number of nitrogens with one attached hydrogen (secondary N) is 2. The average Bonchev–Trinajstić information content (AvgIpc) is 3.01. The predicted octanol–water partition coefficient (Wildman–Crippen LogP) is 0.482. The summed E-state index contributed by atoms with van der Waals surface area (Å²) in [6, 6.07) is 0.613. The summed E-state index contributed by atoms with van der Waals surface area (Å²) in [5.74, 6) is 2.40. The lowest BCUT2D eigenvalue weighted by Crippen LogP contribution is -2.41. The number of likely N-dealkylation sites (N-methyl/N-ethyl adjacent to an activating group) is 1. The third kappa shape index (κ3) is 2.75. The van der Waals surface area contributed by atoms with E-state index in [4.69, 9.17) is 9.47 Å². The van der Waals surface area contributed by atoms with Crippen LogP contribution in [-0.4, -0.2) is 62.0 Å². The Morgan fingerprint density at radius 1 is 1.52 bits per heavy atom. The fourth-order valence-electron chi connectivity index (χ4n) is 2.82. The van der Waals surface area contributed by atoms with Crippen molar-refractivity contribution in [2.45, 2.75) is 31.5 Å². The fraction of sp³-hybridized carbons (Fsp3) is 0.714. The van der Waals surface area contributed by atoms with Gasteiger partial charge in [-0.1, -0.05) is 0 Å². The number of methoxy groups -OCH3 is 1. The summed E-state index contributed by atoms with van der Waals surface area (Å²) in [7, 11) is 3.70. The molecule has 21 heavy (non-hydrogen) atoms. The van der Waals surface area contributed by atoms with Gasteiger partial charge in [-0.3, -0.25) is 0 Å². The second-order valence-corrected chi connectivity index (χ2v) is 5.60. The van der Waals surface area contributed by atoms with Gasteiger partial charge in [0.05, 0.1) is 12.1 Å². The summed E-state index contributed by atoms with van der Waals surface area (Å²) in [5, 5.41) is 6.71. The maximum Gasteiger partial charge on any atom is 0.204 e. The number of rotatable bonds is 4. The third-order valence-corrected chi connectivity index (χ3v) is 4.35. The Morgan fingerprint density at radius 3 is 3.10 bits per heavy atom. The Balaban J connectivity index is 1.80. The summed E-state index contributed by atoms with van der Waals surface area (Å²) in [5.41, 5.74) is 0. The van der Waals surface area contributed by atoms with Crippen molar-refractivity contribution in [2.75, 3.05) is 44.1 Å². The van der Waals surface area contributed by atoms with Crippen LogP contribution in [0.25, 0.3) is 0 Å². The molecule has 0 saturated carbocycles. The number of ether oxygens (including phenoxy) is 2. The van der Waals surface area contributed by atoms with Gasteiger partial charge in [0, 0.05) is 26.2 Å². The lowest BCUT2D eigenvalue weighted by molar-refractivity contribution is 0.0804. The molecule has 0 aromatic carbocycles. The molecule has 116 valence electrons. The van der Waals surface area contributed by atoms with Gasteiger partial charge < -0.3 is 25.0 Å². The molecule has 0 spiro atoms. The van der Waals surface area contributed by atoms with E-state index in [1.807, 2.05) is 14.0 Å². The molecule has 0 amide bonds. The predicted molar refractivity (Wildman–Crippen MR) is 81.1 cm³/mol. The van der Waals surface area contributed by atoms with Crippen LogP contribution in [0.5, 0.6) is 5.75 Å². The molecule has 2 N–H and O–H groups in total. The van der Waals surface area contributed by atoms with E-state index in [2.05, 4.69) is 25.5 Å². The van der Waals surface area contributed by atoms with E-state index in [-0.39, 0.29) is 12.1 Å². The number of aromatic nitrogens is 2. The minimum Gasteiger partial charge on any atom is -0.484 e. The normalized spacial score (nSPS) is 26.0. The van der Waals surface area contributed by atoms with Crippen LogP contribution in [0, 0.1) is 0 Å². The highest BCUT2D eigenvalue weighted by molar-refractivity contribution is 5.66. The minimum atomic E-state index is 0.0667. The van der Waals surface area contributed by atoms with Crippen molar-refractivity contribution >= 4 is 11.6 Å². The Hall–Kier alpha value is -1.60. The highest BCUT2D eigenvalue weighted by Crippen LogP contribution is 2.36. The van der Waals surface area contributed by atoms with Gasteiger partial charge in [0.1, 0.15) is 12.9 Å². The molecule has 0 bridgehead atoms. The van der Waals surface area contributed by atoms with Crippen molar-refractivity contribution in [3.8, 4) is 5.75 Å². The first-order valence-electron chi connectivity index (χ1n) is 7.42. The summed E-state index contributed by atoms with van der Waals surface area (Å²) in [6.07, 6.45) is 2.78. The summed E-state index contributed by atoms with van der Waals surface area (Å²) in [6.45, 7) is 4.51. The lowest BCUT2D eigenvalue weighted by atomic mass is 10.1. The van der Waals surface area contributed by atoms with Crippen molar-refractivity contribution in [1.29, 1.82) is 0 Å². The molecule has 1 saturated heterocycles. The molecule has 1 aromatic rings. The fourth-order valence-corrected chi connectivity index (χ4v) is 2.82. The van der Waals surface area contributed by atoms with Gasteiger partial charge in [-0.2, -0.15) is 0 Å². The van der Waals surface area contributed by atoms with E-state index in [9.17, 15) is 0 Å². The van der Waals surface area contributed by atoms with Gasteiger partial charge in [0.15, 0.2) is 11.6 Å². The molecule has 3 rings (SSSR count). The number of anilines is 2. The van der Waals surface area contributed by atoms with E-state index in [1.165, 1.54) is 0 Å². The third-order valence-electron chi connectivity index (χ3n) is 4.35. The monoisotopic (exact) mass is 293 g/mol. The van der Waals surface area contributed by atoms with Crippen molar-refractivity contribution in [1.82, 2.24) is 15.3 Å². The second kappa shape index (κ2) is 6.03. The van der Waals surface area contributed by atoms with Crippen molar-refractivity contribution in [3.63, 3.8) is 0 Å². The summed E-state index contributed by atoms with van der Waals surface area (Å²) < 4.78 is 11.3. The summed E-state index contributed by atoms with van der Waals surface area (Å²) in [4.78, 5) is 11.0. The Kier molecular flexibility index (Phi) is 4.12. The largest absolute Gasteiger partial charge is 0.484 e. The highest BCUT2D eigenvalue weighted by Gasteiger charge is 2.31. The molecule has 2 aliphatic rings. The molecular weight excluding hydrogens is 270 g/mol. The topological polar surface area (TPSA) is 71.5 Å². The molecule has 7 nitrogen and oxygen atoms in total. The van der Waals surface area contributed by atoms with Gasteiger partial charge in [-0.15, -0.1) is 0 Å². The zero-order valence-electron chi connectivity index (χ0n) is 12.8. The van der Waals surface area contributed by atoms with Crippen molar-refractivity contribution in [2.24, 2.45) is 0 Å². The maximum atomic E-state index is 5.94. The molecular formula is C14H23N5O2. The zero-order chi connectivity index (χ0) is 14.8. The van der Waals surface area contributed by atoms with Crippen molar-refractivity contribution < 1.29 is 9.47 Å². The minimum absolute atomic E-state index is 0.0667. The second-order valence-electron chi connectivity index (χ2n) is 5.60.